The lowest BCUT2D eigenvalue weighted by molar-refractivity contribution is 0.403. The molecule has 0 aliphatic carbocycles. The molecule has 0 N–H and O–H groups in total. The van der Waals surface area contributed by atoms with Crippen LogP contribution in [0.2, 0.25) is 0 Å². The molecule has 3 heterocycles. The Morgan fingerprint density at radius 3 is 2.64 bits per heavy atom. The molecular formula is C15H20N6O. The Labute approximate surface area is 129 Å². The summed E-state index contributed by atoms with van der Waals surface area (Å²) in [5.74, 6) is 1.02. The van der Waals surface area contributed by atoms with Crippen LogP contribution in [-0.2, 0) is 7.05 Å². The van der Waals surface area contributed by atoms with Gasteiger partial charge in [-0.2, -0.15) is 10.1 Å². The molecule has 7 heteroatoms. The summed E-state index contributed by atoms with van der Waals surface area (Å²) in [6, 6.07) is 2.31. The lowest BCUT2D eigenvalue weighted by Gasteiger charge is -2.14. The maximum atomic E-state index is 5.46. The van der Waals surface area contributed by atoms with Crippen LogP contribution in [0.3, 0.4) is 0 Å². The molecule has 116 valence electrons. The van der Waals surface area contributed by atoms with Crippen molar-refractivity contribution < 1.29 is 4.52 Å². The molecular weight excluding hydrogens is 280 g/mol. The molecule has 0 saturated carbocycles. The third kappa shape index (κ3) is 2.43. The number of imidazole rings is 1. The lowest BCUT2D eigenvalue weighted by atomic mass is 10.2. The van der Waals surface area contributed by atoms with Gasteiger partial charge < -0.3 is 9.09 Å². The lowest BCUT2D eigenvalue weighted by Crippen LogP contribution is -2.10. The van der Waals surface area contributed by atoms with E-state index in [1.165, 1.54) is 0 Å². The van der Waals surface area contributed by atoms with Gasteiger partial charge >= 0.3 is 0 Å². The Morgan fingerprint density at radius 1 is 1.23 bits per heavy atom. The average Bonchev–Trinajstić information content (AvgIpc) is 3.20. The van der Waals surface area contributed by atoms with Crippen molar-refractivity contribution in [3.05, 3.63) is 24.3 Å². The number of rotatable bonds is 5. The van der Waals surface area contributed by atoms with Gasteiger partial charge in [-0.25, -0.2) is 4.98 Å². The Bertz CT molecular complexity index is 765. The number of aryl methyl sites for hydroxylation is 2. The molecule has 0 fully saturated rings. The van der Waals surface area contributed by atoms with E-state index in [1.54, 1.807) is 12.5 Å². The Kier molecular flexibility index (Phi) is 3.79. The Balaban J connectivity index is 2.02. The Morgan fingerprint density at radius 2 is 2.00 bits per heavy atom. The summed E-state index contributed by atoms with van der Waals surface area (Å²) >= 11 is 0. The van der Waals surface area contributed by atoms with E-state index < -0.39 is 0 Å². The Hall–Kier alpha value is -2.44. The van der Waals surface area contributed by atoms with Gasteiger partial charge in [0.2, 0.25) is 5.82 Å². The highest BCUT2D eigenvalue weighted by atomic mass is 16.5. The standard InChI is InChI=1S/C15H20N6O/c1-5-11(6-2)21-12(7-10(3)18-21)15-17-14(19-22-15)13-8-16-9-20(13)4/h7-9,11H,5-6H2,1-4H3. The predicted octanol–water partition coefficient (Wildman–Crippen LogP) is 3.00. The quantitative estimate of drug-likeness (QED) is 0.724. The SMILES string of the molecule is CCC(CC)n1nc(C)cc1-c1nc(-c2cncn2C)no1. The van der Waals surface area contributed by atoms with Crippen LogP contribution in [0.5, 0.6) is 0 Å². The first kappa shape index (κ1) is 14.5. The summed E-state index contributed by atoms with van der Waals surface area (Å²) in [5.41, 5.74) is 2.63. The molecule has 0 bridgehead atoms. The molecule has 0 aliphatic heterocycles. The zero-order valence-electron chi connectivity index (χ0n) is 13.3. The van der Waals surface area contributed by atoms with Gasteiger partial charge in [0.25, 0.3) is 5.89 Å². The van der Waals surface area contributed by atoms with Gasteiger partial charge in [0.1, 0.15) is 11.4 Å². The summed E-state index contributed by atoms with van der Waals surface area (Å²) < 4.78 is 9.31. The van der Waals surface area contributed by atoms with Gasteiger partial charge in [-0.1, -0.05) is 19.0 Å². The fourth-order valence-electron chi connectivity index (χ4n) is 2.59. The molecule has 3 aromatic heterocycles. The van der Waals surface area contributed by atoms with Gasteiger partial charge in [-0.05, 0) is 25.8 Å². The van der Waals surface area contributed by atoms with Crippen molar-refractivity contribution in [1.29, 1.82) is 0 Å². The van der Waals surface area contributed by atoms with Crippen molar-refractivity contribution in [2.24, 2.45) is 7.05 Å². The zero-order valence-corrected chi connectivity index (χ0v) is 13.3. The van der Waals surface area contributed by atoms with E-state index in [1.807, 2.05) is 29.3 Å². The third-order valence-corrected chi connectivity index (χ3v) is 3.84. The van der Waals surface area contributed by atoms with E-state index in [4.69, 9.17) is 4.52 Å². The first-order chi connectivity index (χ1) is 10.6. The monoisotopic (exact) mass is 300 g/mol. The highest BCUT2D eigenvalue weighted by Crippen LogP contribution is 2.27. The zero-order chi connectivity index (χ0) is 15.7. The fourth-order valence-corrected chi connectivity index (χ4v) is 2.59. The summed E-state index contributed by atoms with van der Waals surface area (Å²) in [7, 11) is 1.90. The van der Waals surface area contributed by atoms with Gasteiger partial charge in [0.05, 0.1) is 24.3 Å². The second-order valence-corrected chi connectivity index (χ2v) is 5.40. The molecule has 22 heavy (non-hydrogen) atoms. The molecule has 0 saturated heterocycles. The largest absolute Gasteiger partial charge is 0.332 e. The van der Waals surface area contributed by atoms with Crippen molar-refractivity contribution in [3.8, 4) is 23.1 Å². The molecule has 3 aromatic rings. The van der Waals surface area contributed by atoms with Crippen LogP contribution in [0.4, 0.5) is 0 Å². The van der Waals surface area contributed by atoms with E-state index in [0.29, 0.717) is 17.8 Å². The van der Waals surface area contributed by atoms with Crippen molar-refractivity contribution in [2.75, 3.05) is 0 Å². The normalized spacial score (nSPS) is 11.5. The molecule has 0 amide bonds. The van der Waals surface area contributed by atoms with E-state index in [0.717, 1.165) is 29.9 Å². The van der Waals surface area contributed by atoms with Crippen molar-refractivity contribution in [3.63, 3.8) is 0 Å². The van der Waals surface area contributed by atoms with Crippen LogP contribution in [0, 0.1) is 6.92 Å². The first-order valence-corrected chi connectivity index (χ1v) is 7.51. The van der Waals surface area contributed by atoms with Crippen molar-refractivity contribution in [1.82, 2.24) is 29.5 Å². The second-order valence-electron chi connectivity index (χ2n) is 5.40. The van der Waals surface area contributed by atoms with Crippen LogP contribution < -0.4 is 0 Å². The van der Waals surface area contributed by atoms with Crippen molar-refractivity contribution >= 4 is 0 Å². The minimum atomic E-state index is 0.329. The summed E-state index contributed by atoms with van der Waals surface area (Å²) in [5, 5.41) is 8.66. The van der Waals surface area contributed by atoms with Crippen LogP contribution in [-0.4, -0.2) is 29.5 Å². The fraction of sp³-hybridized carbons (Fsp3) is 0.467. The van der Waals surface area contributed by atoms with Crippen molar-refractivity contribution in [2.45, 2.75) is 39.7 Å². The van der Waals surface area contributed by atoms with Crippen LogP contribution in [0.15, 0.2) is 23.1 Å². The highest BCUT2D eigenvalue weighted by Gasteiger charge is 2.20. The molecule has 0 atom stereocenters. The van der Waals surface area contributed by atoms with E-state index in [-0.39, 0.29) is 0 Å². The number of hydrogen-bond acceptors (Lipinski definition) is 5. The smallest absolute Gasteiger partial charge is 0.276 e. The molecule has 0 spiro atoms. The maximum absolute atomic E-state index is 5.46. The molecule has 0 radical (unpaired) electrons. The van der Waals surface area contributed by atoms with Gasteiger partial charge in [0.15, 0.2) is 0 Å². The number of hydrogen-bond donors (Lipinski definition) is 0. The average molecular weight is 300 g/mol. The maximum Gasteiger partial charge on any atom is 0.276 e. The number of aromatic nitrogens is 6. The van der Waals surface area contributed by atoms with Crippen LogP contribution in [0.25, 0.3) is 23.1 Å². The van der Waals surface area contributed by atoms with E-state index in [9.17, 15) is 0 Å². The second kappa shape index (κ2) is 5.75. The summed E-state index contributed by atoms with van der Waals surface area (Å²) in [6.07, 6.45) is 5.45. The molecule has 7 nitrogen and oxygen atoms in total. The molecule has 0 unspecified atom stereocenters. The topological polar surface area (TPSA) is 74.6 Å². The van der Waals surface area contributed by atoms with Gasteiger partial charge in [0, 0.05) is 7.05 Å². The third-order valence-electron chi connectivity index (χ3n) is 3.84. The van der Waals surface area contributed by atoms with E-state index in [2.05, 4.69) is 34.1 Å². The minimum absolute atomic E-state index is 0.329. The summed E-state index contributed by atoms with van der Waals surface area (Å²) in [6.45, 7) is 6.29. The van der Waals surface area contributed by atoms with E-state index >= 15 is 0 Å². The molecule has 3 rings (SSSR count). The molecule has 0 aliphatic rings. The predicted molar refractivity (Wildman–Crippen MR) is 82.1 cm³/mol. The number of nitrogens with zero attached hydrogens (tertiary/aromatic N) is 6. The highest BCUT2D eigenvalue weighted by molar-refractivity contribution is 5.54. The van der Waals surface area contributed by atoms with Gasteiger partial charge in [-0.15, -0.1) is 0 Å². The van der Waals surface area contributed by atoms with Crippen LogP contribution in [0.1, 0.15) is 38.4 Å². The first-order valence-electron chi connectivity index (χ1n) is 7.51. The molecule has 0 aromatic carbocycles. The van der Waals surface area contributed by atoms with Gasteiger partial charge in [-0.3, -0.25) is 4.68 Å². The minimum Gasteiger partial charge on any atom is -0.332 e. The summed E-state index contributed by atoms with van der Waals surface area (Å²) in [4.78, 5) is 8.59. The van der Waals surface area contributed by atoms with Crippen LogP contribution >= 0.6 is 0 Å².